The summed E-state index contributed by atoms with van der Waals surface area (Å²) in [6, 6.07) is 7.86. The molecule has 0 heterocycles. The standard InChI is InChI=1S/C21H23F3O/c1-3-14-5-8-18(9-6-14)21(23,24)25-19-10-7-16-11-15(4-2)20(22)13-17(16)12-19/h3,7,10-14,18H,1,4-6,8-9H2,2H3. The van der Waals surface area contributed by atoms with E-state index >= 15 is 0 Å². The molecule has 2 aromatic rings. The molecule has 3 rings (SSSR count). The van der Waals surface area contributed by atoms with Crippen molar-refractivity contribution in [1.29, 1.82) is 0 Å². The zero-order valence-electron chi connectivity index (χ0n) is 14.4. The van der Waals surface area contributed by atoms with Gasteiger partial charge in [0.1, 0.15) is 11.6 Å². The molecule has 0 amide bonds. The molecule has 1 saturated carbocycles. The lowest BCUT2D eigenvalue weighted by atomic mass is 9.81. The summed E-state index contributed by atoms with van der Waals surface area (Å²) >= 11 is 0. The second-order valence-corrected chi connectivity index (χ2v) is 6.82. The fourth-order valence-corrected chi connectivity index (χ4v) is 3.56. The van der Waals surface area contributed by atoms with Crippen molar-refractivity contribution in [3.63, 3.8) is 0 Å². The van der Waals surface area contributed by atoms with E-state index < -0.39 is 12.0 Å². The summed E-state index contributed by atoms with van der Waals surface area (Å²) in [5.74, 6) is -0.712. The topological polar surface area (TPSA) is 9.23 Å². The molecular weight excluding hydrogens is 325 g/mol. The highest BCUT2D eigenvalue weighted by Gasteiger charge is 2.43. The van der Waals surface area contributed by atoms with Gasteiger partial charge in [-0.2, -0.15) is 8.78 Å². The summed E-state index contributed by atoms with van der Waals surface area (Å²) in [6.07, 6.45) is 1.49. The average Bonchev–Trinajstić information content (AvgIpc) is 2.60. The zero-order chi connectivity index (χ0) is 18.0. The van der Waals surface area contributed by atoms with Gasteiger partial charge in [-0.3, -0.25) is 0 Å². The molecule has 0 unspecified atom stereocenters. The number of hydrogen-bond acceptors (Lipinski definition) is 1. The molecule has 1 aliphatic carbocycles. The monoisotopic (exact) mass is 348 g/mol. The number of hydrogen-bond donors (Lipinski definition) is 0. The van der Waals surface area contributed by atoms with Crippen LogP contribution in [-0.2, 0) is 6.42 Å². The lowest BCUT2D eigenvalue weighted by molar-refractivity contribution is -0.222. The summed E-state index contributed by atoms with van der Waals surface area (Å²) in [7, 11) is 0. The summed E-state index contributed by atoms with van der Waals surface area (Å²) in [4.78, 5) is 0. The number of ether oxygens (including phenoxy) is 1. The van der Waals surface area contributed by atoms with Crippen LogP contribution in [0.1, 0.15) is 38.2 Å². The van der Waals surface area contributed by atoms with Crippen molar-refractivity contribution in [2.75, 3.05) is 0 Å². The van der Waals surface area contributed by atoms with E-state index in [2.05, 4.69) is 6.58 Å². The van der Waals surface area contributed by atoms with Gasteiger partial charge in [-0.1, -0.05) is 19.1 Å². The third kappa shape index (κ3) is 3.83. The number of alkyl halides is 2. The van der Waals surface area contributed by atoms with E-state index in [1.165, 1.54) is 18.2 Å². The molecule has 0 N–H and O–H groups in total. The molecule has 0 radical (unpaired) electrons. The van der Waals surface area contributed by atoms with Gasteiger partial charge in [-0.15, -0.1) is 6.58 Å². The third-order valence-corrected chi connectivity index (χ3v) is 5.19. The van der Waals surface area contributed by atoms with Gasteiger partial charge in [0, 0.05) is 0 Å². The zero-order valence-corrected chi connectivity index (χ0v) is 14.4. The van der Waals surface area contributed by atoms with Crippen LogP contribution in [0.2, 0.25) is 0 Å². The molecule has 25 heavy (non-hydrogen) atoms. The molecule has 0 aliphatic heterocycles. The molecule has 0 aromatic heterocycles. The summed E-state index contributed by atoms with van der Waals surface area (Å²) in [6.45, 7) is 5.62. The molecule has 0 bridgehead atoms. The Kier molecular flexibility index (Phi) is 5.07. The highest BCUT2D eigenvalue weighted by molar-refractivity contribution is 5.84. The van der Waals surface area contributed by atoms with Gasteiger partial charge in [-0.05, 0) is 78.6 Å². The van der Waals surface area contributed by atoms with Gasteiger partial charge in [0.25, 0.3) is 0 Å². The number of allylic oxidation sites excluding steroid dienone is 1. The first-order chi connectivity index (χ1) is 11.9. The predicted molar refractivity (Wildman–Crippen MR) is 94.5 cm³/mol. The first-order valence-corrected chi connectivity index (χ1v) is 8.84. The summed E-state index contributed by atoms with van der Waals surface area (Å²) < 4.78 is 48.0. The van der Waals surface area contributed by atoms with Crippen molar-refractivity contribution in [3.05, 3.63) is 54.4 Å². The Labute approximate surface area is 146 Å². The van der Waals surface area contributed by atoms with Crippen molar-refractivity contribution >= 4 is 10.8 Å². The molecule has 0 atom stereocenters. The maximum atomic E-state index is 14.5. The quantitative estimate of drug-likeness (QED) is 0.560. The van der Waals surface area contributed by atoms with Gasteiger partial charge in [0.2, 0.25) is 0 Å². The first kappa shape index (κ1) is 17.8. The van der Waals surface area contributed by atoms with E-state index in [0.717, 1.165) is 18.2 Å². The highest BCUT2D eigenvalue weighted by Crippen LogP contribution is 2.40. The minimum atomic E-state index is -3.22. The van der Waals surface area contributed by atoms with Gasteiger partial charge in [0.05, 0.1) is 5.92 Å². The first-order valence-electron chi connectivity index (χ1n) is 8.84. The van der Waals surface area contributed by atoms with Crippen LogP contribution >= 0.6 is 0 Å². The van der Waals surface area contributed by atoms with Crippen LogP contribution in [0.3, 0.4) is 0 Å². The van der Waals surface area contributed by atoms with Crippen molar-refractivity contribution in [2.24, 2.45) is 11.8 Å². The van der Waals surface area contributed by atoms with Crippen molar-refractivity contribution < 1.29 is 17.9 Å². The number of rotatable bonds is 5. The predicted octanol–water partition coefficient (Wildman–Crippen LogP) is 6.51. The van der Waals surface area contributed by atoms with Crippen LogP contribution in [0.5, 0.6) is 5.75 Å². The molecular formula is C21H23F3O. The van der Waals surface area contributed by atoms with Gasteiger partial charge in [-0.25, -0.2) is 4.39 Å². The number of aryl methyl sites for hydroxylation is 1. The SMILES string of the molecule is C=CC1CCC(C(F)(F)Oc2ccc3cc(CC)c(F)cc3c2)CC1. The Morgan fingerprint density at radius 1 is 1.12 bits per heavy atom. The van der Waals surface area contributed by atoms with Crippen molar-refractivity contribution in [1.82, 2.24) is 0 Å². The van der Waals surface area contributed by atoms with Crippen LogP contribution in [0.4, 0.5) is 13.2 Å². The maximum absolute atomic E-state index is 14.5. The summed E-state index contributed by atoms with van der Waals surface area (Å²) in [5, 5.41) is 1.39. The number of halogens is 3. The lowest BCUT2D eigenvalue weighted by Gasteiger charge is -2.32. The number of fused-ring (bicyclic) bond motifs is 1. The molecule has 0 spiro atoms. The van der Waals surface area contributed by atoms with Crippen molar-refractivity contribution in [3.8, 4) is 5.75 Å². The van der Waals surface area contributed by atoms with Crippen LogP contribution in [0.25, 0.3) is 10.8 Å². The Morgan fingerprint density at radius 2 is 1.84 bits per heavy atom. The largest absolute Gasteiger partial charge is 0.432 e. The summed E-state index contributed by atoms with van der Waals surface area (Å²) in [5.41, 5.74) is 0.616. The Morgan fingerprint density at radius 3 is 2.48 bits per heavy atom. The Balaban J connectivity index is 1.78. The van der Waals surface area contributed by atoms with E-state index in [-0.39, 0.29) is 11.6 Å². The molecule has 134 valence electrons. The van der Waals surface area contributed by atoms with Crippen LogP contribution in [0.15, 0.2) is 43.0 Å². The molecule has 0 saturated heterocycles. The fraction of sp³-hybridized carbons (Fsp3) is 0.429. The van der Waals surface area contributed by atoms with Gasteiger partial charge >= 0.3 is 6.11 Å². The molecule has 2 aromatic carbocycles. The van der Waals surface area contributed by atoms with E-state index in [1.807, 2.05) is 13.0 Å². The molecule has 4 heteroatoms. The highest BCUT2D eigenvalue weighted by atomic mass is 19.3. The third-order valence-electron chi connectivity index (χ3n) is 5.19. The Hall–Kier alpha value is -1.97. The minimum Gasteiger partial charge on any atom is -0.432 e. The van der Waals surface area contributed by atoms with Crippen LogP contribution in [0, 0.1) is 17.7 Å². The second kappa shape index (κ2) is 7.11. The second-order valence-electron chi connectivity index (χ2n) is 6.82. The smallest absolute Gasteiger partial charge is 0.400 e. The average molecular weight is 348 g/mol. The van der Waals surface area contributed by atoms with Crippen molar-refractivity contribution in [2.45, 2.75) is 45.1 Å². The molecule has 1 nitrogen and oxygen atoms in total. The van der Waals surface area contributed by atoms with E-state index in [1.54, 1.807) is 12.1 Å². The van der Waals surface area contributed by atoms with Gasteiger partial charge in [0.15, 0.2) is 0 Å². The lowest BCUT2D eigenvalue weighted by Crippen LogP contribution is -2.37. The van der Waals surface area contributed by atoms with Gasteiger partial charge < -0.3 is 4.74 Å². The minimum absolute atomic E-state index is 0.0759. The Bertz CT molecular complexity index is 761. The molecule has 1 fully saturated rings. The van der Waals surface area contributed by atoms with E-state index in [9.17, 15) is 13.2 Å². The maximum Gasteiger partial charge on any atom is 0.400 e. The number of benzene rings is 2. The van der Waals surface area contributed by atoms with Crippen LogP contribution < -0.4 is 4.74 Å². The molecule has 1 aliphatic rings. The van der Waals surface area contributed by atoms with E-state index in [4.69, 9.17) is 4.74 Å². The van der Waals surface area contributed by atoms with Crippen LogP contribution in [-0.4, -0.2) is 6.11 Å². The van der Waals surface area contributed by atoms with E-state index in [0.29, 0.717) is 36.1 Å². The fourth-order valence-electron chi connectivity index (χ4n) is 3.56. The normalized spacial score (nSPS) is 21.3.